The van der Waals surface area contributed by atoms with Crippen LogP contribution in [0.15, 0.2) is 0 Å². The third-order valence-corrected chi connectivity index (χ3v) is 3.59. The van der Waals surface area contributed by atoms with Gasteiger partial charge in [-0.1, -0.05) is 78.1 Å². The average Bonchev–Trinajstić information content (AvgIpc) is 2.39. The molecule has 0 radical (unpaired) electrons. The molecular weight excluding hydrogens is 224 g/mol. The van der Waals surface area contributed by atoms with Crippen molar-refractivity contribution in [1.82, 2.24) is 0 Å². The van der Waals surface area contributed by atoms with E-state index in [1.807, 2.05) is 6.92 Å². The maximum atomic E-state index is 11.0. The Bertz CT molecular complexity index is 211. The first-order valence-corrected chi connectivity index (χ1v) is 7.71. The molecule has 1 atom stereocenters. The lowest BCUT2D eigenvalue weighted by Gasteiger charge is -2.06. The van der Waals surface area contributed by atoms with Gasteiger partial charge in [0.05, 0.1) is 0 Å². The van der Waals surface area contributed by atoms with Crippen LogP contribution in [0, 0.1) is 5.92 Å². The standard InChI is InChI=1S/C16H30O2/c1-3-4-5-6-7-8-9-10-11-12-13-15(2)16(18)14-17/h14-15H,3-13H2,1-2H3. The molecule has 0 saturated carbocycles. The summed E-state index contributed by atoms with van der Waals surface area (Å²) in [5, 5.41) is 0. The summed E-state index contributed by atoms with van der Waals surface area (Å²) in [6.07, 6.45) is 14.4. The Balaban J connectivity index is 3.16. The molecule has 0 spiro atoms. The highest BCUT2D eigenvalue weighted by molar-refractivity contribution is 6.25. The molecule has 2 heteroatoms. The average molecular weight is 254 g/mol. The number of hydrogen-bond acceptors (Lipinski definition) is 2. The zero-order valence-electron chi connectivity index (χ0n) is 12.2. The number of rotatable bonds is 13. The predicted octanol–water partition coefficient (Wildman–Crippen LogP) is 4.70. The molecule has 0 aliphatic carbocycles. The van der Waals surface area contributed by atoms with Crippen molar-refractivity contribution in [2.45, 2.75) is 84.5 Å². The van der Waals surface area contributed by atoms with Crippen molar-refractivity contribution in [1.29, 1.82) is 0 Å². The molecule has 0 aromatic rings. The van der Waals surface area contributed by atoms with E-state index in [4.69, 9.17) is 0 Å². The number of ketones is 1. The van der Waals surface area contributed by atoms with Gasteiger partial charge in [0, 0.05) is 5.92 Å². The van der Waals surface area contributed by atoms with E-state index in [1.54, 1.807) is 0 Å². The lowest BCUT2D eigenvalue weighted by molar-refractivity contribution is -0.132. The molecule has 0 aromatic heterocycles. The zero-order valence-corrected chi connectivity index (χ0v) is 12.2. The van der Waals surface area contributed by atoms with E-state index in [2.05, 4.69) is 6.92 Å². The number of carbonyl (C=O) groups is 2. The second kappa shape index (κ2) is 12.8. The molecule has 0 fully saturated rings. The summed E-state index contributed by atoms with van der Waals surface area (Å²) in [7, 11) is 0. The fourth-order valence-electron chi connectivity index (χ4n) is 2.20. The van der Waals surface area contributed by atoms with Gasteiger partial charge >= 0.3 is 0 Å². The van der Waals surface area contributed by atoms with Gasteiger partial charge in [-0.3, -0.25) is 9.59 Å². The molecule has 2 nitrogen and oxygen atoms in total. The first kappa shape index (κ1) is 17.3. The Morgan fingerprint density at radius 3 is 1.78 bits per heavy atom. The molecule has 18 heavy (non-hydrogen) atoms. The maximum absolute atomic E-state index is 11.0. The van der Waals surface area contributed by atoms with Gasteiger partial charge < -0.3 is 0 Å². The molecule has 0 aliphatic rings. The molecule has 1 unspecified atom stereocenters. The fraction of sp³-hybridized carbons (Fsp3) is 0.875. The van der Waals surface area contributed by atoms with Gasteiger partial charge in [0.1, 0.15) is 0 Å². The quantitative estimate of drug-likeness (QED) is 0.271. The van der Waals surface area contributed by atoms with Gasteiger partial charge in [0.2, 0.25) is 0 Å². The number of carbonyl (C=O) groups excluding carboxylic acids is 2. The van der Waals surface area contributed by atoms with Crippen LogP contribution in [0.1, 0.15) is 84.5 Å². The second-order valence-corrected chi connectivity index (χ2v) is 5.39. The predicted molar refractivity (Wildman–Crippen MR) is 76.7 cm³/mol. The van der Waals surface area contributed by atoms with E-state index >= 15 is 0 Å². The molecule has 0 aliphatic heterocycles. The van der Waals surface area contributed by atoms with Crippen molar-refractivity contribution in [3.63, 3.8) is 0 Å². The monoisotopic (exact) mass is 254 g/mol. The van der Waals surface area contributed by atoms with E-state index in [-0.39, 0.29) is 11.7 Å². The Labute approximate surface area is 113 Å². The van der Waals surface area contributed by atoms with Crippen LogP contribution in [0.2, 0.25) is 0 Å². The van der Waals surface area contributed by atoms with Crippen LogP contribution in [0.4, 0.5) is 0 Å². The van der Waals surface area contributed by atoms with E-state index in [0.29, 0.717) is 6.29 Å². The van der Waals surface area contributed by atoms with Gasteiger partial charge in [-0.2, -0.15) is 0 Å². The summed E-state index contributed by atoms with van der Waals surface area (Å²) >= 11 is 0. The van der Waals surface area contributed by atoms with Gasteiger partial charge in [0.25, 0.3) is 0 Å². The lowest BCUT2D eigenvalue weighted by Crippen LogP contribution is -2.11. The molecule has 0 aromatic carbocycles. The zero-order chi connectivity index (χ0) is 13.6. The molecular formula is C16H30O2. The summed E-state index contributed by atoms with van der Waals surface area (Å²) in [5.41, 5.74) is 0. The van der Waals surface area contributed by atoms with Gasteiger partial charge in [0.15, 0.2) is 12.1 Å². The van der Waals surface area contributed by atoms with E-state index in [9.17, 15) is 9.59 Å². The van der Waals surface area contributed by atoms with Crippen molar-refractivity contribution in [2.24, 2.45) is 5.92 Å². The van der Waals surface area contributed by atoms with Gasteiger partial charge in [-0.05, 0) is 6.42 Å². The largest absolute Gasteiger partial charge is 0.295 e. The highest BCUT2D eigenvalue weighted by atomic mass is 16.2. The van der Waals surface area contributed by atoms with Crippen LogP contribution < -0.4 is 0 Å². The smallest absolute Gasteiger partial charge is 0.197 e. The van der Waals surface area contributed by atoms with E-state index in [1.165, 1.54) is 57.8 Å². The SMILES string of the molecule is CCCCCCCCCCCCC(C)C(=O)C=O. The van der Waals surface area contributed by atoms with Crippen LogP contribution in [-0.4, -0.2) is 12.1 Å². The highest BCUT2D eigenvalue weighted by Gasteiger charge is 2.10. The Morgan fingerprint density at radius 2 is 1.33 bits per heavy atom. The minimum absolute atomic E-state index is 0.0726. The van der Waals surface area contributed by atoms with Crippen molar-refractivity contribution in [3.8, 4) is 0 Å². The van der Waals surface area contributed by atoms with Gasteiger partial charge in [-0.15, -0.1) is 0 Å². The van der Waals surface area contributed by atoms with E-state index in [0.717, 1.165) is 12.8 Å². The topological polar surface area (TPSA) is 34.1 Å². The molecule has 0 heterocycles. The number of Topliss-reactive ketones (excluding diaryl/α,β-unsaturated/α-hetero) is 1. The third-order valence-electron chi connectivity index (χ3n) is 3.59. The summed E-state index contributed by atoms with van der Waals surface area (Å²) in [4.78, 5) is 21.3. The maximum Gasteiger partial charge on any atom is 0.197 e. The minimum Gasteiger partial charge on any atom is -0.295 e. The number of aldehydes is 1. The van der Waals surface area contributed by atoms with Crippen LogP contribution >= 0.6 is 0 Å². The third kappa shape index (κ3) is 10.5. The Morgan fingerprint density at radius 1 is 0.889 bits per heavy atom. The number of unbranched alkanes of at least 4 members (excludes halogenated alkanes) is 9. The molecule has 0 N–H and O–H groups in total. The first-order chi connectivity index (χ1) is 8.72. The summed E-state index contributed by atoms with van der Waals surface area (Å²) in [6, 6.07) is 0. The van der Waals surface area contributed by atoms with Crippen molar-refractivity contribution in [3.05, 3.63) is 0 Å². The van der Waals surface area contributed by atoms with E-state index < -0.39 is 0 Å². The van der Waals surface area contributed by atoms with Crippen molar-refractivity contribution in [2.75, 3.05) is 0 Å². The van der Waals surface area contributed by atoms with Crippen molar-refractivity contribution < 1.29 is 9.59 Å². The first-order valence-electron chi connectivity index (χ1n) is 7.71. The molecule has 0 rings (SSSR count). The second-order valence-electron chi connectivity index (χ2n) is 5.39. The normalized spacial score (nSPS) is 12.3. The Hall–Kier alpha value is -0.660. The fourth-order valence-corrected chi connectivity index (χ4v) is 2.20. The molecule has 0 bridgehead atoms. The molecule has 0 amide bonds. The highest BCUT2D eigenvalue weighted by Crippen LogP contribution is 2.13. The Kier molecular flexibility index (Phi) is 12.3. The van der Waals surface area contributed by atoms with Crippen LogP contribution in [0.3, 0.4) is 0 Å². The van der Waals surface area contributed by atoms with Crippen LogP contribution in [-0.2, 0) is 9.59 Å². The minimum atomic E-state index is -0.245. The summed E-state index contributed by atoms with van der Waals surface area (Å²) in [6.45, 7) is 4.10. The lowest BCUT2D eigenvalue weighted by atomic mass is 9.98. The number of hydrogen-bond donors (Lipinski definition) is 0. The van der Waals surface area contributed by atoms with Crippen molar-refractivity contribution >= 4 is 12.1 Å². The molecule has 0 saturated heterocycles. The summed E-state index contributed by atoms with van der Waals surface area (Å²) in [5.74, 6) is -0.317. The summed E-state index contributed by atoms with van der Waals surface area (Å²) < 4.78 is 0. The van der Waals surface area contributed by atoms with Crippen LogP contribution in [0.5, 0.6) is 0 Å². The van der Waals surface area contributed by atoms with Crippen LogP contribution in [0.25, 0.3) is 0 Å². The molecule has 106 valence electrons. The van der Waals surface area contributed by atoms with Gasteiger partial charge in [-0.25, -0.2) is 0 Å².